The van der Waals surface area contributed by atoms with E-state index in [1.54, 1.807) is 4.72 Å². The first-order valence-corrected chi connectivity index (χ1v) is 8.17. The summed E-state index contributed by atoms with van der Waals surface area (Å²) < 4.78 is 111. The van der Waals surface area contributed by atoms with Crippen LogP contribution in [-0.2, 0) is 10.0 Å². The van der Waals surface area contributed by atoms with Gasteiger partial charge in [0.05, 0.1) is 12.8 Å². The molecule has 0 aliphatic heterocycles. The van der Waals surface area contributed by atoms with Crippen LogP contribution in [0.4, 0.5) is 32.0 Å². The topological polar surface area (TPSA) is 84.9 Å². The Bertz CT molecular complexity index is 977. The number of sulfonamides is 1. The van der Waals surface area contributed by atoms with Crippen LogP contribution in [0.2, 0.25) is 0 Å². The van der Waals surface area contributed by atoms with Crippen molar-refractivity contribution in [2.75, 3.05) is 11.8 Å². The Morgan fingerprint density at radius 1 is 1.07 bits per heavy atom. The Morgan fingerprint density at radius 2 is 1.70 bits per heavy atom. The fourth-order valence-corrected chi connectivity index (χ4v) is 3.06. The molecular weight excluding hydrogens is 408 g/mol. The molecule has 0 bridgehead atoms. The van der Waals surface area contributed by atoms with Gasteiger partial charge >= 0.3 is 6.36 Å². The van der Waals surface area contributed by atoms with E-state index in [0.717, 1.165) is 18.2 Å². The average molecular weight is 417 g/mol. The number of aromatic hydroxyl groups is 1. The minimum Gasteiger partial charge on any atom is -0.504 e. The number of rotatable bonds is 5. The maximum absolute atomic E-state index is 13.9. The van der Waals surface area contributed by atoms with Crippen LogP contribution in [0, 0.1) is 17.5 Å². The van der Waals surface area contributed by atoms with Crippen molar-refractivity contribution < 1.29 is 49.3 Å². The van der Waals surface area contributed by atoms with Gasteiger partial charge in [0.15, 0.2) is 23.1 Å². The summed E-state index contributed by atoms with van der Waals surface area (Å²) in [6.07, 6.45) is -5.53. The molecule has 0 aromatic heterocycles. The van der Waals surface area contributed by atoms with Gasteiger partial charge in [-0.2, -0.15) is 4.39 Å². The summed E-state index contributed by atoms with van der Waals surface area (Å²) in [5.74, 6) is -9.55. The monoisotopic (exact) mass is 417 g/mol. The molecule has 0 fully saturated rings. The largest absolute Gasteiger partial charge is 0.573 e. The molecule has 0 aliphatic carbocycles. The molecule has 2 rings (SSSR count). The van der Waals surface area contributed by atoms with E-state index >= 15 is 0 Å². The van der Waals surface area contributed by atoms with Crippen molar-refractivity contribution >= 4 is 15.7 Å². The van der Waals surface area contributed by atoms with Gasteiger partial charge in [0.1, 0.15) is 4.90 Å². The lowest BCUT2D eigenvalue weighted by atomic mass is 10.3. The zero-order valence-corrected chi connectivity index (χ0v) is 13.9. The summed E-state index contributed by atoms with van der Waals surface area (Å²) in [5.41, 5.74) is -0.343. The number of hydrogen-bond acceptors (Lipinski definition) is 5. The van der Waals surface area contributed by atoms with Crippen molar-refractivity contribution in [3.63, 3.8) is 0 Å². The van der Waals surface area contributed by atoms with E-state index in [2.05, 4.69) is 4.74 Å². The quantitative estimate of drug-likeness (QED) is 0.575. The third-order valence-corrected chi connectivity index (χ3v) is 4.40. The zero-order chi connectivity index (χ0) is 20.6. The van der Waals surface area contributed by atoms with Crippen LogP contribution in [0.3, 0.4) is 0 Å². The third kappa shape index (κ3) is 4.48. The molecule has 0 saturated carbocycles. The van der Waals surface area contributed by atoms with Crippen molar-refractivity contribution in [1.82, 2.24) is 0 Å². The summed E-state index contributed by atoms with van der Waals surface area (Å²) in [7, 11) is -3.77. The van der Waals surface area contributed by atoms with Crippen LogP contribution < -0.4 is 14.2 Å². The second kappa shape index (κ2) is 7.06. The predicted octanol–water partition coefficient (Wildman–Crippen LogP) is 3.52. The first-order valence-electron chi connectivity index (χ1n) is 6.69. The predicted molar refractivity (Wildman–Crippen MR) is 78.5 cm³/mol. The molecule has 0 aliphatic rings. The van der Waals surface area contributed by atoms with Crippen LogP contribution in [0.15, 0.2) is 29.2 Å². The summed E-state index contributed by atoms with van der Waals surface area (Å²) in [4.78, 5) is -1.61. The van der Waals surface area contributed by atoms with Crippen LogP contribution in [0.5, 0.6) is 17.2 Å². The summed E-state index contributed by atoms with van der Waals surface area (Å²) in [6.45, 7) is 0. The molecule has 2 aromatic carbocycles. The molecule has 0 unspecified atom stereocenters. The van der Waals surface area contributed by atoms with E-state index in [9.17, 15) is 39.9 Å². The highest BCUT2D eigenvalue weighted by Crippen LogP contribution is 2.34. The molecule has 6 nitrogen and oxygen atoms in total. The molecule has 2 aromatic rings. The Morgan fingerprint density at radius 3 is 2.22 bits per heavy atom. The Balaban J connectivity index is 2.46. The van der Waals surface area contributed by atoms with E-state index in [1.807, 2.05) is 0 Å². The van der Waals surface area contributed by atoms with E-state index < -0.39 is 50.2 Å². The Kier molecular flexibility index (Phi) is 5.35. The SMILES string of the molecule is COc1ccc(NS(=O)(=O)c2cc(F)c(OC(F)(F)F)c(F)c2F)cc1O. The maximum atomic E-state index is 13.9. The van der Waals surface area contributed by atoms with Gasteiger partial charge in [-0.25, -0.2) is 17.2 Å². The number of benzene rings is 2. The lowest BCUT2D eigenvalue weighted by Gasteiger charge is -2.14. The molecule has 148 valence electrons. The van der Waals surface area contributed by atoms with Crippen molar-refractivity contribution in [3.8, 4) is 17.2 Å². The van der Waals surface area contributed by atoms with E-state index in [-0.39, 0.29) is 17.5 Å². The fourth-order valence-electron chi connectivity index (χ4n) is 1.93. The molecule has 13 heteroatoms. The molecule has 0 amide bonds. The Hall–Kier alpha value is -2.83. The first kappa shape index (κ1) is 20.5. The summed E-state index contributed by atoms with van der Waals surface area (Å²) in [6, 6.07) is 2.88. The lowest BCUT2D eigenvalue weighted by molar-refractivity contribution is -0.276. The number of hydrogen-bond donors (Lipinski definition) is 2. The van der Waals surface area contributed by atoms with Crippen molar-refractivity contribution in [2.45, 2.75) is 11.3 Å². The van der Waals surface area contributed by atoms with E-state index in [0.29, 0.717) is 0 Å². The first-order chi connectivity index (χ1) is 12.4. The van der Waals surface area contributed by atoms with Gasteiger partial charge in [0, 0.05) is 12.1 Å². The number of nitrogens with one attached hydrogen (secondary N) is 1. The van der Waals surface area contributed by atoms with Gasteiger partial charge in [0.25, 0.3) is 10.0 Å². The van der Waals surface area contributed by atoms with Crippen molar-refractivity contribution in [2.24, 2.45) is 0 Å². The average Bonchev–Trinajstić information content (AvgIpc) is 2.53. The van der Waals surface area contributed by atoms with Gasteiger partial charge in [-0.3, -0.25) is 4.72 Å². The van der Waals surface area contributed by atoms with Crippen LogP contribution in [0.1, 0.15) is 0 Å². The maximum Gasteiger partial charge on any atom is 0.573 e. The van der Waals surface area contributed by atoms with Gasteiger partial charge in [-0.1, -0.05) is 0 Å². The second-order valence-corrected chi connectivity index (χ2v) is 6.50. The standard InChI is InChI=1S/C14H9F6NO5S/c1-25-9-3-2-6(4-8(9)22)21-27(23,24)10-5-7(15)13(12(17)11(10)16)26-14(18,19)20/h2-5,21-22H,1H3. The highest BCUT2D eigenvalue weighted by atomic mass is 32.2. The van der Waals surface area contributed by atoms with Gasteiger partial charge in [-0.15, -0.1) is 13.2 Å². The Labute approximate surface area is 148 Å². The van der Waals surface area contributed by atoms with Crippen LogP contribution in [0.25, 0.3) is 0 Å². The number of methoxy groups -OCH3 is 1. The lowest BCUT2D eigenvalue weighted by Crippen LogP contribution is -2.21. The molecule has 0 saturated heterocycles. The van der Waals surface area contributed by atoms with Gasteiger partial charge < -0.3 is 14.6 Å². The van der Waals surface area contributed by atoms with Crippen molar-refractivity contribution in [3.05, 3.63) is 41.7 Å². The number of phenols is 1. The van der Waals surface area contributed by atoms with Gasteiger partial charge in [-0.05, 0) is 12.1 Å². The summed E-state index contributed by atoms with van der Waals surface area (Å²) in [5, 5.41) is 9.57. The minimum absolute atomic E-state index is 0.0325. The van der Waals surface area contributed by atoms with Crippen LogP contribution in [-0.4, -0.2) is 27.0 Å². The van der Waals surface area contributed by atoms with E-state index in [1.165, 1.54) is 7.11 Å². The zero-order valence-electron chi connectivity index (χ0n) is 13.1. The highest BCUT2D eigenvalue weighted by molar-refractivity contribution is 7.92. The minimum atomic E-state index is -5.53. The molecule has 0 radical (unpaired) electrons. The molecule has 0 heterocycles. The van der Waals surface area contributed by atoms with Crippen molar-refractivity contribution in [1.29, 1.82) is 0 Å². The molecular formula is C14H9F6NO5S. The number of ether oxygens (including phenoxy) is 2. The fraction of sp³-hybridized carbons (Fsp3) is 0.143. The van der Waals surface area contributed by atoms with Gasteiger partial charge in [0.2, 0.25) is 11.6 Å². The van der Waals surface area contributed by atoms with E-state index in [4.69, 9.17) is 4.74 Å². The second-order valence-electron chi connectivity index (χ2n) is 4.85. The molecule has 0 spiro atoms. The summed E-state index contributed by atoms with van der Waals surface area (Å²) >= 11 is 0. The van der Waals surface area contributed by atoms with Crippen LogP contribution >= 0.6 is 0 Å². The molecule has 0 atom stereocenters. The third-order valence-electron chi connectivity index (χ3n) is 3.02. The highest BCUT2D eigenvalue weighted by Gasteiger charge is 2.37. The number of halogens is 6. The molecule has 2 N–H and O–H groups in total. The normalized spacial score (nSPS) is 12.0. The smallest absolute Gasteiger partial charge is 0.504 e. The number of phenolic OH excluding ortho intramolecular Hbond substituents is 1. The number of anilines is 1. The number of alkyl halides is 3. The molecule has 27 heavy (non-hydrogen) atoms.